The lowest BCUT2D eigenvalue weighted by Crippen LogP contribution is -2.54. The van der Waals surface area contributed by atoms with Crippen LogP contribution in [0.15, 0.2) is 60.0 Å². The van der Waals surface area contributed by atoms with E-state index in [1.54, 1.807) is 12.1 Å². The monoisotopic (exact) mass is 468 g/mol. The second-order valence-corrected chi connectivity index (χ2v) is 9.58. The Labute approximate surface area is 196 Å². The molecular formula is C23H25ClN6OS. The molecule has 0 aromatic heterocycles. The number of rotatable bonds is 4. The molecule has 32 heavy (non-hydrogen) atoms. The van der Waals surface area contributed by atoms with Crippen LogP contribution in [0.5, 0.6) is 0 Å². The third-order valence-electron chi connectivity index (χ3n) is 6.12. The number of para-hydroxylation sites is 1. The molecule has 3 unspecified atom stereocenters. The van der Waals surface area contributed by atoms with Gasteiger partial charge in [-0.2, -0.15) is 5.10 Å². The minimum absolute atomic E-state index is 0.0261. The summed E-state index contributed by atoms with van der Waals surface area (Å²) in [5.41, 5.74) is 11.4. The fourth-order valence-corrected chi connectivity index (χ4v) is 5.18. The van der Waals surface area contributed by atoms with Crippen LogP contribution >= 0.6 is 23.4 Å². The van der Waals surface area contributed by atoms with E-state index in [1.807, 2.05) is 18.3 Å². The summed E-state index contributed by atoms with van der Waals surface area (Å²) in [6.45, 7) is 4.29. The van der Waals surface area contributed by atoms with Crippen molar-refractivity contribution >= 4 is 40.1 Å². The predicted octanol–water partition coefficient (Wildman–Crippen LogP) is 3.94. The molecule has 3 heterocycles. The number of aryl methyl sites for hydroxylation is 2. The molecule has 5 rings (SSSR count). The van der Waals surface area contributed by atoms with Crippen molar-refractivity contribution in [2.45, 2.75) is 38.5 Å². The topological polar surface area (TPSA) is 72.0 Å². The van der Waals surface area contributed by atoms with Gasteiger partial charge in [0.25, 0.3) is 0 Å². The van der Waals surface area contributed by atoms with Crippen LogP contribution in [0.3, 0.4) is 0 Å². The van der Waals surface area contributed by atoms with E-state index < -0.39 is 0 Å². The number of thioether (sulfide) groups is 1. The van der Waals surface area contributed by atoms with Crippen molar-refractivity contribution in [1.82, 2.24) is 20.8 Å². The third kappa shape index (κ3) is 4.05. The van der Waals surface area contributed by atoms with Crippen molar-refractivity contribution in [2.75, 3.05) is 11.1 Å². The van der Waals surface area contributed by atoms with Gasteiger partial charge >= 0.3 is 0 Å². The first-order chi connectivity index (χ1) is 15.5. The molecule has 1 fully saturated rings. The smallest absolute Gasteiger partial charge is 0.234 e. The van der Waals surface area contributed by atoms with E-state index in [0.29, 0.717) is 10.7 Å². The van der Waals surface area contributed by atoms with E-state index in [-0.39, 0.29) is 29.9 Å². The lowest BCUT2D eigenvalue weighted by molar-refractivity contribution is -0.113. The molecule has 2 aromatic rings. The largest absolute Gasteiger partial charge is 0.324 e. The fourth-order valence-electron chi connectivity index (χ4n) is 4.23. The first-order valence-electron chi connectivity index (χ1n) is 10.6. The molecule has 2 aromatic carbocycles. The molecule has 0 spiro atoms. The van der Waals surface area contributed by atoms with Gasteiger partial charge in [-0.25, -0.2) is 5.43 Å². The molecule has 1 saturated heterocycles. The van der Waals surface area contributed by atoms with Gasteiger partial charge in [0, 0.05) is 12.4 Å². The summed E-state index contributed by atoms with van der Waals surface area (Å²) in [4.78, 5) is 14.5. The van der Waals surface area contributed by atoms with Crippen LogP contribution < -0.4 is 16.2 Å². The number of nitrogens with one attached hydrogen (secondary N) is 3. The molecule has 3 aliphatic heterocycles. The summed E-state index contributed by atoms with van der Waals surface area (Å²) < 4.78 is 0. The number of hydrogen-bond donors (Lipinski definition) is 3. The number of hydrazine groups is 1. The summed E-state index contributed by atoms with van der Waals surface area (Å²) in [5, 5.41) is 10.8. The van der Waals surface area contributed by atoms with Gasteiger partial charge in [0.1, 0.15) is 6.17 Å². The van der Waals surface area contributed by atoms with E-state index in [1.165, 1.54) is 28.5 Å². The Morgan fingerprint density at radius 3 is 2.88 bits per heavy atom. The van der Waals surface area contributed by atoms with E-state index in [9.17, 15) is 4.79 Å². The maximum atomic E-state index is 12.4. The Hall–Kier alpha value is -2.68. The lowest BCUT2D eigenvalue weighted by Gasteiger charge is -2.36. The molecule has 1 amide bonds. The number of amidine groups is 1. The lowest BCUT2D eigenvalue weighted by atomic mass is 9.97. The van der Waals surface area contributed by atoms with Crippen LogP contribution in [-0.4, -0.2) is 38.9 Å². The van der Waals surface area contributed by atoms with Crippen molar-refractivity contribution in [1.29, 1.82) is 0 Å². The molecule has 3 atom stereocenters. The van der Waals surface area contributed by atoms with Gasteiger partial charge in [-0.15, -0.1) is 0 Å². The molecule has 166 valence electrons. The van der Waals surface area contributed by atoms with Crippen LogP contribution in [0.2, 0.25) is 5.02 Å². The van der Waals surface area contributed by atoms with Crippen molar-refractivity contribution in [2.24, 2.45) is 5.10 Å². The Kier molecular flexibility index (Phi) is 5.75. The number of nitrogens with zero attached hydrogens (tertiary/aromatic N) is 3. The minimum Gasteiger partial charge on any atom is -0.324 e. The maximum absolute atomic E-state index is 12.4. The molecular weight excluding hydrogens is 444 g/mol. The van der Waals surface area contributed by atoms with Crippen molar-refractivity contribution < 1.29 is 4.79 Å². The first-order valence-corrected chi connectivity index (χ1v) is 11.9. The molecule has 7 nitrogen and oxygen atoms in total. The Bertz CT molecular complexity index is 1110. The summed E-state index contributed by atoms with van der Waals surface area (Å²) in [7, 11) is 0. The van der Waals surface area contributed by atoms with Gasteiger partial charge < -0.3 is 15.2 Å². The van der Waals surface area contributed by atoms with Crippen LogP contribution in [0.4, 0.5) is 5.69 Å². The highest BCUT2D eigenvalue weighted by molar-refractivity contribution is 8.14. The Balaban J connectivity index is 1.20. The highest BCUT2D eigenvalue weighted by Gasteiger charge is 2.44. The second-order valence-electron chi connectivity index (χ2n) is 8.23. The summed E-state index contributed by atoms with van der Waals surface area (Å²) in [6, 6.07) is 14.4. The number of carbonyl (C=O) groups excluding carboxylic acids is 1. The number of benzene rings is 2. The maximum Gasteiger partial charge on any atom is 0.234 e. The number of hydrogen-bond acceptors (Lipinski definition) is 7. The van der Waals surface area contributed by atoms with E-state index >= 15 is 0 Å². The molecule has 0 bridgehead atoms. The standard InChI is InChI=1S/C23H25ClN6OS/c1-14-7-8-16(11-15(14)2)19-12-20-22-26-27-23(29(22)9-10-30(20)28-19)32-13-21(31)25-18-6-4-3-5-17(18)24/h3-11,19-20,22,26,28H,12-13H2,1-2H3,(H,25,31). The van der Waals surface area contributed by atoms with Crippen LogP contribution in [0.25, 0.3) is 0 Å². The van der Waals surface area contributed by atoms with Crippen LogP contribution in [0.1, 0.15) is 29.2 Å². The first kappa shape index (κ1) is 21.2. The highest BCUT2D eigenvalue weighted by atomic mass is 35.5. The molecule has 0 aliphatic carbocycles. The van der Waals surface area contributed by atoms with Crippen LogP contribution in [0, 0.1) is 13.8 Å². The predicted molar refractivity (Wildman–Crippen MR) is 130 cm³/mol. The zero-order chi connectivity index (χ0) is 22.2. The summed E-state index contributed by atoms with van der Waals surface area (Å²) in [6.07, 6.45) is 5.05. The van der Waals surface area contributed by atoms with E-state index in [0.717, 1.165) is 11.6 Å². The Morgan fingerprint density at radius 2 is 2.06 bits per heavy atom. The third-order valence-corrected chi connectivity index (χ3v) is 7.41. The van der Waals surface area contributed by atoms with Crippen molar-refractivity contribution in [3.8, 4) is 0 Å². The summed E-state index contributed by atoms with van der Waals surface area (Å²) in [5.74, 6) is 0.134. The molecule has 9 heteroatoms. The highest BCUT2D eigenvalue weighted by Crippen LogP contribution is 2.35. The molecule has 0 saturated carbocycles. The number of anilines is 1. The number of halogens is 1. The van der Waals surface area contributed by atoms with Crippen molar-refractivity contribution in [3.05, 3.63) is 76.6 Å². The second kappa shape index (κ2) is 8.69. The van der Waals surface area contributed by atoms with Gasteiger partial charge in [0.15, 0.2) is 5.17 Å². The minimum atomic E-state index is -0.116. The normalized spacial score (nSPS) is 23.5. The molecule has 3 N–H and O–H groups in total. The zero-order valence-electron chi connectivity index (χ0n) is 17.9. The average Bonchev–Trinajstić information content (AvgIpc) is 3.39. The van der Waals surface area contributed by atoms with Gasteiger partial charge in [0.05, 0.1) is 28.5 Å². The van der Waals surface area contributed by atoms with Gasteiger partial charge in [-0.05, 0) is 49.1 Å². The number of hydrazone groups is 1. The van der Waals surface area contributed by atoms with Crippen LogP contribution in [-0.2, 0) is 4.79 Å². The average molecular weight is 469 g/mol. The summed E-state index contributed by atoms with van der Waals surface area (Å²) >= 11 is 7.53. The number of amides is 1. The molecule has 3 aliphatic rings. The zero-order valence-corrected chi connectivity index (χ0v) is 19.5. The van der Waals surface area contributed by atoms with Gasteiger partial charge in [-0.1, -0.05) is 53.7 Å². The number of fused-ring (bicyclic) bond motifs is 3. The van der Waals surface area contributed by atoms with Gasteiger partial charge in [-0.3, -0.25) is 10.2 Å². The fraction of sp³-hybridized carbons (Fsp3) is 0.304. The van der Waals surface area contributed by atoms with E-state index in [4.69, 9.17) is 11.6 Å². The SMILES string of the molecule is Cc1ccc(C2CC3C4NN=C(SCC(=O)Nc5ccccc5Cl)N4C=CN3N2)cc1C. The van der Waals surface area contributed by atoms with Gasteiger partial charge in [0.2, 0.25) is 5.91 Å². The number of carbonyl (C=O) groups is 1. The molecule has 0 radical (unpaired) electrons. The quantitative estimate of drug-likeness (QED) is 0.631. The Morgan fingerprint density at radius 1 is 1.22 bits per heavy atom. The van der Waals surface area contributed by atoms with Crippen molar-refractivity contribution in [3.63, 3.8) is 0 Å². The van der Waals surface area contributed by atoms with E-state index in [2.05, 4.69) is 69.4 Å².